The van der Waals surface area contributed by atoms with Crippen molar-refractivity contribution in [2.45, 2.75) is 26.4 Å². The van der Waals surface area contributed by atoms with Gasteiger partial charge in [0, 0.05) is 12.6 Å². The molecule has 0 aliphatic rings. The summed E-state index contributed by atoms with van der Waals surface area (Å²) in [6.45, 7) is 4.74. The van der Waals surface area contributed by atoms with Gasteiger partial charge in [0.15, 0.2) is 11.5 Å². The van der Waals surface area contributed by atoms with Crippen LogP contribution in [0, 0.1) is 5.92 Å². The topological polar surface area (TPSA) is 73.6 Å². The van der Waals surface area contributed by atoms with Gasteiger partial charge in [-0.3, -0.25) is 4.79 Å². The molecule has 0 fully saturated rings. The highest BCUT2D eigenvalue weighted by Crippen LogP contribution is 2.28. The van der Waals surface area contributed by atoms with E-state index < -0.39 is 0 Å². The smallest absolute Gasteiger partial charge is 0.225 e. The summed E-state index contributed by atoms with van der Waals surface area (Å²) < 4.78 is 10.8. The molecule has 0 spiro atoms. The molecular weight excluding hydrogens is 316 g/mol. The molecule has 2 atom stereocenters. The first kappa shape index (κ1) is 18.8. The van der Waals surface area contributed by atoms with Gasteiger partial charge >= 0.3 is 0 Å². The quantitative estimate of drug-likeness (QED) is 0.773. The van der Waals surface area contributed by atoms with Crippen molar-refractivity contribution in [1.82, 2.24) is 5.32 Å². The van der Waals surface area contributed by atoms with E-state index >= 15 is 0 Å². The number of carbonyl (C=O) groups is 1. The van der Waals surface area contributed by atoms with Crippen molar-refractivity contribution >= 4 is 5.91 Å². The predicted molar refractivity (Wildman–Crippen MR) is 98.5 cm³/mol. The maximum atomic E-state index is 12.4. The fourth-order valence-corrected chi connectivity index (χ4v) is 2.57. The van der Waals surface area contributed by atoms with E-state index in [1.54, 1.807) is 7.11 Å². The van der Waals surface area contributed by atoms with Crippen LogP contribution in [0.15, 0.2) is 48.5 Å². The molecule has 0 bridgehead atoms. The first-order valence-electron chi connectivity index (χ1n) is 8.44. The first-order valence-corrected chi connectivity index (χ1v) is 8.44. The molecule has 0 saturated carbocycles. The minimum Gasteiger partial charge on any atom is -0.493 e. The fourth-order valence-electron chi connectivity index (χ4n) is 2.57. The standard InChI is InChI=1S/C20H26N2O3/c1-4-25-17-11-10-15(12-18(17)24-3)13-22-20(23)14(2)19(21)16-8-6-5-7-9-16/h5-12,14,19H,4,13,21H2,1-3H3,(H,22,23). The Bertz CT molecular complexity index is 689. The van der Waals surface area contributed by atoms with E-state index in [1.165, 1.54) is 0 Å². The van der Waals surface area contributed by atoms with Crippen LogP contribution >= 0.6 is 0 Å². The summed E-state index contributed by atoms with van der Waals surface area (Å²) in [4.78, 5) is 12.4. The third-order valence-corrected chi connectivity index (χ3v) is 4.13. The minimum atomic E-state index is -0.337. The Labute approximate surface area is 149 Å². The molecule has 0 aromatic heterocycles. The van der Waals surface area contributed by atoms with Crippen molar-refractivity contribution < 1.29 is 14.3 Å². The maximum Gasteiger partial charge on any atom is 0.225 e. The van der Waals surface area contributed by atoms with Crippen LogP contribution in [0.4, 0.5) is 0 Å². The van der Waals surface area contributed by atoms with Crippen LogP contribution in [0.25, 0.3) is 0 Å². The summed E-state index contributed by atoms with van der Waals surface area (Å²) in [6, 6.07) is 14.9. The number of hydrogen-bond acceptors (Lipinski definition) is 4. The Kier molecular flexibility index (Phi) is 6.83. The molecule has 2 aromatic rings. The van der Waals surface area contributed by atoms with E-state index in [1.807, 2.05) is 62.4 Å². The lowest BCUT2D eigenvalue weighted by Gasteiger charge is -2.20. The normalized spacial score (nSPS) is 13.0. The van der Waals surface area contributed by atoms with Crippen LogP contribution in [0.2, 0.25) is 0 Å². The van der Waals surface area contributed by atoms with Crippen molar-refractivity contribution in [3.8, 4) is 11.5 Å². The molecule has 0 saturated heterocycles. The first-order chi connectivity index (χ1) is 12.1. The molecule has 2 aromatic carbocycles. The Morgan fingerprint density at radius 3 is 2.52 bits per heavy atom. The van der Waals surface area contributed by atoms with Crippen LogP contribution < -0.4 is 20.5 Å². The van der Waals surface area contributed by atoms with Gasteiger partial charge in [-0.25, -0.2) is 0 Å². The summed E-state index contributed by atoms with van der Waals surface area (Å²) in [5, 5.41) is 2.94. The molecule has 0 heterocycles. The number of amides is 1. The number of nitrogens with one attached hydrogen (secondary N) is 1. The van der Waals surface area contributed by atoms with Crippen molar-refractivity contribution in [2.75, 3.05) is 13.7 Å². The van der Waals surface area contributed by atoms with Crippen LogP contribution in [0.1, 0.15) is 31.0 Å². The third-order valence-electron chi connectivity index (χ3n) is 4.13. The molecular formula is C20H26N2O3. The number of methoxy groups -OCH3 is 1. The second kappa shape index (κ2) is 9.08. The van der Waals surface area contributed by atoms with E-state index in [0.717, 1.165) is 11.1 Å². The molecule has 2 unspecified atom stereocenters. The third kappa shape index (κ3) is 4.97. The van der Waals surface area contributed by atoms with Gasteiger partial charge in [-0.15, -0.1) is 0 Å². The second-order valence-corrected chi connectivity index (χ2v) is 5.86. The van der Waals surface area contributed by atoms with Crippen molar-refractivity contribution in [3.05, 3.63) is 59.7 Å². The zero-order chi connectivity index (χ0) is 18.2. The van der Waals surface area contributed by atoms with Crippen LogP contribution in [0.5, 0.6) is 11.5 Å². The molecule has 0 aliphatic heterocycles. The van der Waals surface area contributed by atoms with Crippen LogP contribution in [-0.4, -0.2) is 19.6 Å². The molecule has 2 rings (SSSR count). The number of carbonyl (C=O) groups excluding carboxylic acids is 1. The fraction of sp³-hybridized carbons (Fsp3) is 0.350. The van der Waals surface area contributed by atoms with E-state index in [0.29, 0.717) is 24.7 Å². The van der Waals surface area contributed by atoms with Crippen molar-refractivity contribution in [1.29, 1.82) is 0 Å². The molecule has 134 valence electrons. The number of rotatable bonds is 8. The summed E-state index contributed by atoms with van der Waals surface area (Å²) in [5.74, 6) is 0.943. The molecule has 0 aliphatic carbocycles. The van der Waals surface area contributed by atoms with Gasteiger partial charge in [-0.2, -0.15) is 0 Å². The lowest BCUT2D eigenvalue weighted by Crippen LogP contribution is -2.35. The molecule has 5 heteroatoms. The molecule has 25 heavy (non-hydrogen) atoms. The Morgan fingerprint density at radius 2 is 1.88 bits per heavy atom. The zero-order valence-corrected chi connectivity index (χ0v) is 15.0. The van der Waals surface area contributed by atoms with E-state index in [-0.39, 0.29) is 17.9 Å². The summed E-state index contributed by atoms with van der Waals surface area (Å²) in [7, 11) is 1.60. The van der Waals surface area contributed by atoms with Gasteiger partial charge in [0.25, 0.3) is 0 Å². The number of benzene rings is 2. The monoisotopic (exact) mass is 342 g/mol. The highest BCUT2D eigenvalue weighted by molar-refractivity contribution is 5.79. The summed E-state index contributed by atoms with van der Waals surface area (Å²) in [6.07, 6.45) is 0. The molecule has 3 N–H and O–H groups in total. The lowest BCUT2D eigenvalue weighted by molar-refractivity contribution is -0.125. The zero-order valence-electron chi connectivity index (χ0n) is 15.0. The molecule has 1 amide bonds. The highest BCUT2D eigenvalue weighted by atomic mass is 16.5. The summed E-state index contributed by atoms with van der Waals surface area (Å²) in [5.41, 5.74) is 8.10. The molecule has 0 radical (unpaired) electrons. The highest BCUT2D eigenvalue weighted by Gasteiger charge is 2.21. The van der Waals surface area contributed by atoms with Gasteiger partial charge in [-0.05, 0) is 30.2 Å². The van der Waals surface area contributed by atoms with E-state index in [4.69, 9.17) is 15.2 Å². The molecule has 5 nitrogen and oxygen atoms in total. The van der Waals surface area contributed by atoms with E-state index in [2.05, 4.69) is 5.32 Å². The van der Waals surface area contributed by atoms with Crippen LogP contribution in [0.3, 0.4) is 0 Å². The van der Waals surface area contributed by atoms with Crippen LogP contribution in [-0.2, 0) is 11.3 Å². The lowest BCUT2D eigenvalue weighted by atomic mass is 9.94. The minimum absolute atomic E-state index is 0.0794. The van der Waals surface area contributed by atoms with Crippen molar-refractivity contribution in [3.63, 3.8) is 0 Å². The number of nitrogens with two attached hydrogens (primary N) is 1. The van der Waals surface area contributed by atoms with Gasteiger partial charge in [0.1, 0.15) is 0 Å². The Morgan fingerprint density at radius 1 is 1.16 bits per heavy atom. The van der Waals surface area contributed by atoms with Crippen molar-refractivity contribution in [2.24, 2.45) is 11.7 Å². The average molecular weight is 342 g/mol. The Balaban J connectivity index is 1.97. The second-order valence-electron chi connectivity index (χ2n) is 5.86. The summed E-state index contributed by atoms with van der Waals surface area (Å²) >= 11 is 0. The largest absolute Gasteiger partial charge is 0.493 e. The maximum absolute atomic E-state index is 12.4. The van der Waals surface area contributed by atoms with Gasteiger partial charge < -0.3 is 20.5 Å². The van der Waals surface area contributed by atoms with Gasteiger partial charge in [0.05, 0.1) is 19.6 Å². The van der Waals surface area contributed by atoms with E-state index in [9.17, 15) is 4.79 Å². The SMILES string of the molecule is CCOc1ccc(CNC(=O)C(C)C(N)c2ccccc2)cc1OC. The average Bonchev–Trinajstić information content (AvgIpc) is 2.66. The number of hydrogen-bond donors (Lipinski definition) is 2. The predicted octanol–water partition coefficient (Wildman–Crippen LogP) is 3.05. The Hall–Kier alpha value is -2.53. The number of ether oxygens (including phenoxy) is 2. The van der Waals surface area contributed by atoms with Gasteiger partial charge in [-0.1, -0.05) is 43.3 Å². The van der Waals surface area contributed by atoms with Gasteiger partial charge in [0.2, 0.25) is 5.91 Å².